The molecule has 0 spiro atoms. The Morgan fingerprint density at radius 1 is 1.64 bits per heavy atom. The van der Waals surface area contributed by atoms with E-state index in [4.69, 9.17) is 16.7 Å². The van der Waals surface area contributed by atoms with E-state index in [0.29, 0.717) is 0 Å². The molecule has 0 saturated carbocycles. The number of carboxylic acids is 1. The number of aromatic carboxylic acids is 1. The van der Waals surface area contributed by atoms with E-state index in [9.17, 15) is 14.3 Å². The summed E-state index contributed by atoms with van der Waals surface area (Å²) < 4.78 is 17.7. The van der Waals surface area contributed by atoms with Gasteiger partial charge in [0.15, 0.2) is 17.3 Å². The first kappa shape index (κ1) is 10.6. The van der Waals surface area contributed by atoms with E-state index < -0.39 is 28.1 Å². The van der Waals surface area contributed by atoms with Crippen molar-refractivity contribution in [2.24, 2.45) is 0 Å². The van der Waals surface area contributed by atoms with Crippen LogP contribution >= 0.6 is 11.6 Å². The maximum absolute atomic E-state index is 13.1. The van der Waals surface area contributed by atoms with Crippen LogP contribution in [0.5, 0.6) is 11.5 Å². The van der Waals surface area contributed by atoms with E-state index in [0.717, 1.165) is 6.07 Å². The van der Waals surface area contributed by atoms with Gasteiger partial charge in [0, 0.05) is 6.07 Å². The van der Waals surface area contributed by atoms with Crippen LogP contribution in [0.1, 0.15) is 10.4 Å². The number of carbonyl (C=O) groups is 1. The lowest BCUT2D eigenvalue weighted by molar-refractivity contribution is 0.0687. The molecule has 14 heavy (non-hydrogen) atoms. The van der Waals surface area contributed by atoms with Crippen LogP contribution in [0.2, 0.25) is 5.02 Å². The van der Waals surface area contributed by atoms with E-state index in [2.05, 4.69) is 4.74 Å². The highest BCUT2D eigenvalue weighted by Gasteiger charge is 2.22. The van der Waals surface area contributed by atoms with E-state index in [1.807, 2.05) is 0 Å². The van der Waals surface area contributed by atoms with E-state index in [1.165, 1.54) is 7.11 Å². The van der Waals surface area contributed by atoms with Crippen molar-refractivity contribution >= 4 is 17.6 Å². The number of rotatable bonds is 2. The molecule has 0 aliphatic carbocycles. The lowest BCUT2D eigenvalue weighted by Crippen LogP contribution is -2.03. The van der Waals surface area contributed by atoms with Crippen molar-refractivity contribution in [2.75, 3.05) is 7.11 Å². The Morgan fingerprint density at radius 2 is 2.21 bits per heavy atom. The zero-order chi connectivity index (χ0) is 10.9. The minimum atomic E-state index is -1.61. The first-order valence-electron chi connectivity index (χ1n) is 3.47. The van der Waals surface area contributed by atoms with Gasteiger partial charge in [-0.25, -0.2) is 9.18 Å². The number of aromatic hydroxyl groups is 1. The highest BCUT2D eigenvalue weighted by molar-refractivity contribution is 6.31. The highest BCUT2D eigenvalue weighted by atomic mass is 35.5. The summed E-state index contributed by atoms with van der Waals surface area (Å²) in [5.74, 6) is -3.76. The number of carboxylic acid groups (broad SMARTS) is 1. The second kappa shape index (κ2) is 3.71. The molecule has 0 aliphatic heterocycles. The highest BCUT2D eigenvalue weighted by Crippen LogP contribution is 2.36. The average Bonchev–Trinajstić information content (AvgIpc) is 2.11. The molecule has 1 aromatic rings. The molecule has 6 heteroatoms. The normalized spacial score (nSPS) is 9.93. The van der Waals surface area contributed by atoms with Gasteiger partial charge >= 0.3 is 5.97 Å². The fraction of sp³-hybridized carbons (Fsp3) is 0.125. The maximum Gasteiger partial charge on any atom is 0.342 e. The molecule has 0 aliphatic rings. The number of hydrogen-bond acceptors (Lipinski definition) is 3. The van der Waals surface area contributed by atoms with Crippen molar-refractivity contribution in [3.8, 4) is 11.5 Å². The Bertz CT molecular complexity index is 391. The molecule has 2 N–H and O–H groups in total. The van der Waals surface area contributed by atoms with Crippen molar-refractivity contribution in [3.05, 3.63) is 22.5 Å². The van der Waals surface area contributed by atoms with Crippen LogP contribution in [0, 0.1) is 5.82 Å². The van der Waals surface area contributed by atoms with Crippen molar-refractivity contribution in [1.82, 2.24) is 0 Å². The number of ether oxygens (including phenoxy) is 1. The fourth-order valence-corrected chi connectivity index (χ4v) is 1.14. The third kappa shape index (κ3) is 1.58. The molecule has 0 atom stereocenters. The van der Waals surface area contributed by atoms with Crippen molar-refractivity contribution in [3.63, 3.8) is 0 Å². The standard InChI is InChI=1S/C8H6ClFO4/c1-14-4-2-3(9)6(10)5(7(4)11)8(12)13/h2,11H,1H3,(H,12,13). The Labute approximate surface area is 83.5 Å². The summed E-state index contributed by atoms with van der Waals surface area (Å²) in [4.78, 5) is 10.5. The van der Waals surface area contributed by atoms with Gasteiger partial charge in [0.1, 0.15) is 5.56 Å². The molecule has 1 rings (SSSR count). The number of methoxy groups -OCH3 is 1. The van der Waals surface area contributed by atoms with Crippen LogP contribution in [-0.4, -0.2) is 23.3 Å². The monoisotopic (exact) mass is 220 g/mol. The van der Waals surface area contributed by atoms with Crippen LogP contribution in [0.15, 0.2) is 6.07 Å². The lowest BCUT2D eigenvalue weighted by Gasteiger charge is -2.07. The van der Waals surface area contributed by atoms with Gasteiger partial charge in [-0.3, -0.25) is 0 Å². The van der Waals surface area contributed by atoms with Crippen molar-refractivity contribution in [2.45, 2.75) is 0 Å². The Morgan fingerprint density at radius 3 is 2.64 bits per heavy atom. The van der Waals surface area contributed by atoms with Gasteiger partial charge < -0.3 is 14.9 Å². The predicted molar refractivity (Wildman–Crippen MR) is 46.6 cm³/mol. The summed E-state index contributed by atoms with van der Waals surface area (Å²) in [6, 6.07) is 0.999. The lowest BCUT2D eigenvalue weighted by atomic mass is 10.1. The van der Waals surface area contributed by atoms with E-state index >= 15 is 0 Å². The summed E-state index contributed by atoms with van der Waals surface area (Å²) in [6.07, 6.45) is 0. The molecule has 0 unspecified atom stereocenters. The fourth-order valence-electron chi connectivity index (χ4n) is 0.944. The van der Waals surface area contributed by atoms with Gasteiger partial charge in [-0.2, -0.15) is 0 Å². The van der Waals surface area contributed by atoms with Gasteiger partial charge in [0.25, 0.3) is 0 Å². The SMILES string of the molecule is COc1cc(Cl)c(F)c(C(=O)O)c1O. The molecule has 0 amide bonds. The van der Waals surface area contributed by atoms with E-state index in [1.54, 1.807) is 0 Å². The molecular weight excluding hydrogens is 215 g/mol. The summed E-state index contributed by atoms with van der Waals surface area (Å²) in [7, 11) is 1.20. The minimum absolute atomic E-state index is 0.186. The summed E-state index contributed by atoms with van der Waals surface area (Å²) >= 11 is 5.38. The number of halogens is 2. The Balaban J connectivity index is 3.53. The second-order valence-electron chi connectivity index (χ2n) is 2.40. The summed E-state index contributed by atoms with van der Waals surface area (Å²) in [5, 5.41) is 17.4. The third-order valence-corrected chi connectivity index (χ3v) is 1.87. The smallest absolute Gasteiger partial charge is 0.342 e. The van der Waals surface area contributed by atoms with Crippen LogP contribution in [0.3, 0.4) is 0 Å². The molecule has 0 radical (unpaired) electrons. The summed E-state index contributed by atoms with van der Waals surface area (Å²) in [5.41, 5.74) is -0.894. The zero-order valence-electron chi connectivity index (χ0n) is 7.04. The van der Waals surface area contributed by atoms with Gasteiger partial charge in [-0.05, 0) is 0 Å². The van der Waals surface area contributed by atoms with Crippen molar-refractivity contribution in [1.29, 1.82) is 0 Å². The molecule has 4 nitrogen and oxygen atoms in total. The van der Waals surface area contributed by atoms with Gasteiger partial charge in [-0.15, -0.1) is 0 Å². The molecule has 76 valence electrons. The topological polar surface area (TPSA) is 66.8 Å². The first-order valence-corrected chi connectivity index (χ1v) is 3.85. The quantitative estimate of drug-likeness (QED) is 0.799. The summed E-state index contributed by atoms with van der Waals surface area (Å²) in [6.45, 7) is 0. The van der Waals surface area contributed by atoms with Gasteiger partial charge in [-0.1, -0.05) is 11.6 Å². The molecule has 0 fully saturated rings. The number of phenols is 1. The van der Waals surface area contributed by atoms with Gasteiger partial charge in [0.05, 0.1) is 12.1 Å². The molecule has 0 heterocycles. The van der Waals surface area contributed by atoms with Crippen LogP contribution < -0.4 is 4.74 Å². The zero-order valence-corrected chi connectivity index (χ0v) is 7.80. The Kier molecular flexibility index (Phi) is 2.81. The molecule has 1 aromatic carbocycles. The number of hydrogen-bond donors (Lipinski definition) is 2. The van der Waals surface area contributed by atoms with Gasteiger partial charge in [0.2, 0.25) is 0 Å². The largest absolute Gasteiger partial charge is 0.504 e. The average molecular weight is 221 g/mol. The van der Waals surface area contributed by atoms with Crippen LogP contribution in [-0.2, 0) is 0 Å². The van der Waals surface area contributed by atoms with Crippen LogP contribution in [0.4, 0.5) is 4.39 Å². The van der Waals surface area contributed by atoms with Crippen molar-refractivity contribution < 1.29 is 24.1 Å². The van der Waals surface area contributed by atoms with Crippen LogP contribution in [0.25, 0.3) is 0 Å². The molecule has 0 saturated heterocycles. The minimum Gasteiger partial charge on any atom is -0.504 e. The molecular formula is C8H6ClFO4. The molecule has 0 bridgehead atoms. The Hall–Kier alpha value is -1.49. The third-order valence-electron chi connectivity index (χ3n) is 1.59. The second-order valence-corrected chi connectivity index (χ2v) is 2.81. The first-order chi connectivity index (χ1) is 6.49. The maximum atomic E-state index is 13.1. The predicted octanol–water partition coefficient (Wildman–Crippen LogP) is 1.89. The number of benzene rings is 1. The molecule has 0 aromatic heterocycles. The van der Waals surface area contributed by atoms with E-state index in [-0.39, 0.29) is 5.75 Å².